The molecule has 140 valence electrons. The van der Waals surface area contributed by atoms with Gasteiger partial charge in [0.15, 0.2) is 0 Å². The molecule has 6 nitrogen and oxygen atoms in total. The third-order valence-electron chi connectivity index (χ3n) is 4.71. The number of para-hydroxylation sites is 2. The van der Waals surface area contributed by atoms with E-state index in [2.05, 4.69) is 5.10 Å². The van der Waals surface area contributed by atoms with Crippen LogP contribution in [0.3, 0.4) is 0 Å². The summed E-state index contributed by atoms with van der Waals surface area (Å²) in [6.45, 7) is 1.93. The van der Waals surface area contributed by atoms with Crippen molar-refractivity contribution < 1.29 is 14.3 Å². The van der Waals surface area contributed by atoms with Gasteiger partial charge in [0.1, 0.15) is 6.54 Å². The number of hydrogen-bond donors (Lipinski definition) is 0. The molecule has 6 heteroatoms. The zero-order valence-corrected chi connectivity index (χ0v) is 15.6. The Morgan fingerprint density at radius 2 is 1.82 bits per heavy atom. The third-order valence-corrected chi connectivity index (χ3v) is 4.71. The number of aromatic nitrogens is 1. The quantitative estimate of drug-likeness (QED) is 0.518. The van der Waals surface area contributed by atoms with Gasteiger partial charge in [-0.25, -0.2) is 0 Å². The highest BCUT2D eigenvalue weighted by atomic mass is 16.5. The fraction of sp³-hybridized carbons (Fsp3) is 0.136. The summed E-state index contributed by atoms with van der Waals surface area (Å²) in [5.41, 5.74) is 3.67. The average molecular weight is 373 g/mol. The van der Waals surface area contributed by atoms with Gasteiger partial charge in [-0.1, -0.05) is 36.4 Å². The van der Waals surface area contributed by atoms with Crippen molar-refractivity contribution in [3.63, 3.8) is 0 Å². The lowest BCUT2D eigenvalue weighted by Gasteiger charge is -2.10. The average Bonchev–Trinajstić information content (AvgIpc) is 3.21. The van der Waals surface area contributed by atoms with E-state index < -0.39 is 0 Å². The number of nitrogens with zero attached hydrogens (tertiary/aromatic N) is 3. The van der Waals surface area contributed by atoms with Crippen LogP contribution in [0.5, 0.6) is 0 Å². The summed E-state index contributed by atoms with van der Waals surface area (Å²) in [5, 5.41) is 6.78. The van der Waals surface area contributed by atoms with Gasteiger partial charge in [0.25, 0.3) is 5.91 Å². The molecule has 2 heterocycles. The molecule has 0 radical (unpaired) electrons. The van der Waals surface area contributed by atoms with Crippen LogP contribution in [0, 0.1) is 0 Å². The van der Waals surface area contributed by atoms with Crippen molar-refractivity contribution in [2.75, 3.05) is 12.1 Å². The van der Waals surface area contributed by atoms with Crippen molar-refractivity contribution in [3.05, 3.63) is 71.9 Å². The minimum atomic E-state index is -0.329. The van der Waals surface area contributed by atoms with E-state index in [1.807, 2.05) is 78.4 Å². The standard InChI is InChI=1S/C22H19N3O3/c1-15-19(22(27)25(23-15)17-8-4-3-5-9-17)12-16-13-24(14-21(26)28-2)20-11-7-6-10-18(16)20/h3-13H,14H2,1-2H3/b19-12-. The molecular formula is C22H19N3O3. The van der Waals surface area contributed by atoms with Crippen LogP contribution in [0.2, 0.25) is 0 Å². The number of esters is 1. The summed E-state index contributed by atoms with van der Waals surface area (Å²) in [7, 11) is 1.37. The van der Waals surface area contributed by atoms with E-state index >= 15 is 0 Å². The molecule has 0 saturated carbocycles. The lowest BCUT2D eigenvalue weighted by molar-refractivity contribution is -0.141. The van der Waals surface area contributed by atoms with Crippen molar-refractivity contribution in [1.82, 2.24) is 4.57 Å². The molecular weight excluding hydrogens is 354 g/mol. The van der Waals surface area contributed by atoms with Crippen LogP contribution in [-0.2, 0) is 20.9 Å². The lowest BCUT2D eigenvalue weighted by atomic mass is 10.1. The lowest BCUT2D eigenvalue weighted by Crippen LogP contribution is -2.21. The molecule has 0 unspecified atom stereocenters. The summed E-state index contributed by atoms with van der Waals surface area (Å²) < 4.78 is 6.62. The van der Waals surface area contributed by atoms with E-state index in [0.717, 1.165) is 22.2 Å². The second kappa shape index (κ2) is 7.15. The monoisotopic (exact) mass is 373 g/mol. The molecule has 0 bridgehead atoms. The highest BCUT2D eigenvalue weighted by molar-refractivity contribution is 6.32. The SMILES string of the molecule is COC(=O)Cn1cc(/C=C2\C(=O)N(c3ccccc3)N=C2C)c2ccccc21. The zero-order chi connectivity index (χ0) is 19.7. The Bertz CT molecular complexity index is 1130. The van der Waals surface area contributed by atoms with Crippen LogP contribution in [0.1, 0.15) is 12.5 Å². The van der Waals surface area contributed by atoms with Crippen molar-refractivity contribution in [3.8, 4) is 0 Å². The van der Waals surface area contributed by atoms with Gasteiger partial charge in [-0.15, -0.1) is 0 Å². The molecule has 1 aliphatic rings. The molecule has 28 heavy (non-hydrogen) atoms. The maximum Gasteiger partial charge on any atom is 0.325 e. The van der Waals surface area contributed by atoms with Crippen molar-refractivity contribution in [2.24, 2.45) is 5.10 Å². The number of fused-ring (bicyclic) bond motifs is 1. The van der Waals surface area contributed by atoms with Crippen LogP contribution < -0.4 is 5.01 Å². The van der Waals surface area contributed by atoms with E-state index in [1.165, 1.54) is 12.1 Å². The Hall–Kier alpha value is -3.67. The predicted molar refractivity (Wildman–Crippen MR) is 109 cm³/mol. The summed E-state index contributed by atoms with van der Waals surface area (Å²) in [6, 6.07) is 17.1. The van der Waals surface area contributed by atoms with Crippen LogP contribution in [0.4, 0.5) is 5.69 Å². The van der Waals surface area contributed by atoms with E-state index in [4.69, 9.17) is 4.74 Å². The number of benzene rings is 2. The molecule has 4 rings (SSSR count). The van der Waals surface area contributed by atoms with Gasteiger partial charge >= 0.3 is 5.97 Å². The minimum Gasteiger partial charge on any atom is -0.468 e. The summed E-state index contributed by atoms with van der Waals surface area (Å²) in [5.74, 6) is -0.501. The van der Waals surface area contributed by atoms with Gasteiger partial charge in [-0.3, -0.25) is 9.59 Å². The Balaban J connectivity index is 1.75. The maximum atomic E-state index is 12.9. The van der Waals surface area contributed by atoms with Crippen LogP contribution >= 0.6 is 0 Å². The van der Waals surface area contributed by atoms with E-state index in [9.17, 15) is 9.59 Å². The van der Waals surface area contributed by atoms with Gasteiger partial charge in [0.05, 0.1) is 24.1 Å². The molecule has 0 saturated heterocycles. The first-order chi connectivity index (χ1) is 13.6. The Labute approximate surface area is 162 Å². The number of amides is 1. The molecule has 3 aromatic rings. The first-order valence-corrected chi connectivity index (χ1v) is 8.90. The predicted octanol–water partition coefficient (Wildman–Crippen LogP) is 3.62. The molecule has 2 aromatic carbocycles. The molecule has 1 aromatic heterocycles. The number of methoxy groups -OCH3 is 1. The summed E-state index contributed by atoms with van der Waals surface area (Å²) in [4.78, 5) is 24.7. The van der Waals surface area contributed by atoms with Crippen molar-refractivity contribution >= 4 is 40.3 Å². The normalized spacial score (nSPS) is 15.4. The zero-order valence-electron chi connectivity index (χ0n) is 15.6. The first kappa shape index (κ1) is 17.7. The van der Waals surface area contributed by atoms with Gasteiger partial charge in [0, 0.05) is 22.7 Å². The summed E-state index contributed by atoms with van der Waals surface area (Å²) in [6.07, 6.45) is 3.69. The van der Waals surface area contributed by atoms with Crippen LogP contribution in [0.15, 0.2) is 71.5 Å². The van der Waals surface area contributed by atoms with Crippen LogP contribution in [-0.4, -0.2) is 29.3 Å². The number of carbonyl (C=O) groups is 2. The molecule has 0 atom stereocenters. The topological polar surface area (TPSA) is 63.9 Å². The number of ether oxygens (including phenoxy) is 1. The van der Waals surface area contributed by atoms with Crippen molar-refractivity contribution in [1.29, 1.82) is 0 Å². The fourth-order valence-electron chi connectivity index (χ4n) is 3.31. The maximum absolute atomic E-state index is 12.9. The minimum absolute atomic E-state index is 0.108. The number of hydrazone groups is 1. The fourth-order valence-corrected chi connectivity index (χ4v) is 3.31. The smallest absolute Gasteiger partial charge is 0.325 e. The van der Waals surface area contributed by atoms with E-state index in [-0.39, 0.29) is 18.4 Å². The van der Waals surface area contributed by atoms with E-state index in [1.54, 1.807) is 0 Å². The number of anilines is 1. The van der Waals surface area contributed by atoms with E-state index in [0.29, 0.717) is 11.3 Å². The molecule has 0 aliphatic carbocycles. The molecule has 0 spiro atoms. The Morgan fingerprint density at radius 3 is 2.57 bits per heavy atom. The van der Waals surface area contributed by atoms with Gasteiger partial charge < -0.3 is 9.30 Å². The highest BCUT2D eigenvalue weighted by Gasteiger charge is 2.29. The molecule has 1 aliphatic heterocycles. The first-order valence-electron chi connectivity index (χ1n) is 8.90. The van der Waals surface area contributed by atoms with Crippen molar-refractivity contribution in [2.45, 2.75) is 13.5 Å². The summed E-state index contributed by atoms with van der Waals surface area (Å²) >= 11 is 0. The highest BCUT2D eigenvalue weighted by Crippen LogP contribution is 2.28. The molecule has 0 fully saturated rings. The molecule has 1 amide bonds. The Morgan fingerprint density at radius 1 is 1.11 bits per heavy atom. The second-order valence-corrected chi connectivity index (χ2v) is 6.50. The second-order valence-electron chi connectivity index (χ2n) is 6.50. The van der Waals surface area contributed by atoms with Gasteiger partial charge in [-0.05, 0) is 31.2 Å². The Kier molecular flexibility index (Phi) is 4.53. The van der Waals surface area contributed by atoms with Crippen LogP contribution in [0.25, 0.3) is 17.0 Å². The number of carbonyl (C=O) groups excluding carboxylic acids is 2. The largest absolute Gasteiger partial charge is 0.468 e. The van der Waals surface area contributed by atoms with Gasteiger partial charge in [0.2, 0.25) is 0 Å². The number of hydrogen-bond acceptors (Lipinski definition) is 4. The van der Waals surface area contributed by atoms with Gasteiger partial charge in [-0.2, -0.15) is 10.1 Å². The number of rotatable bonds is 4. The third kappa shape index (κ3) is 3.09. The molecule has 0 N–H and O–H groups in total.